The molecule has 1 amide bonds. The van der Waals surface area contributed by atoms with E-state index in [4.69, 9.17) is 0 Å². The minimum atomic E-state index is -0.450. The molecule has 2 N–H and O–H groups in total. The third kappa shape index (κ3) is 3.85. The molecule has 0 heterocycles. The van der Waals surface area contributed by atoms with Crippen molar-refractivity contribution in [3.63, 3.8) is 0 Å². The number of nitro benzene ring substituents is 1. The number of aryl methyl sites for hydroxylation is 1. The van der Waals surface area contributed by atoms with Gasteiger partial charge in [-0.05, 0) is 48.9 Å². The average Bonchev–Trinajstić information content (AvgIpc) is 3.40. The maximum Gasteiger partial charge on any atom is 0.293 e. The van der Waals surface area contributed by atoms with Crippen LogP contribution in [0.25, 0.3) is 0 Å². The fourth-order valence-corrected chi connectivity index (χ4v) is 2.92. The summed E-state index contributed by atoms with van der Waals surface area (Å²) < 4.78 is 0. The summed E-state index contributed by atoms with van der Waals surface area (Å²) in [6, 6.07) is 10.8. The van der Waals surface area contributed by atoms with Gasteiger partial charge in [-0.25, -0.2) is 0 Å². The molecule has 0 aliphatic heterocycles. The molecule has 136 valence electrons. The maximum absolute atomic E-state index is 12.7. The van der Waals surface area contributed by atoms with Crippen LogP contribution in [0, 0.1) is 17.0 Å². The van der Waals surface area contributed by atoms with Gasteiger partial charge in [0, 0.05) is 23.4 Å². The molecule has 2 aromatic carbocycles. The van der Waals surface area contributed by atoms with Crippen molar-refractivity contribution in [1.82, 2.24) is 0 Å². The number of rotatable bonds is 6. The Morgan fingerprint density at radius 1 is 1.23 bits per heavy atom. The highest BCUT2D eigenvalue weighted by Crippen LogP contribution is 2.32. The zero-order valence-corrected chi connectivity index (χ0v) is 15.2. The first-order valence-corrected chi connectivity index (χ1v) is 8.82. The highest BCUT2D eigenvalue weighted by atomic mass is 16.6. The molecule has 0 saturated heterocycles. The van der Waals surface area contributed by atoms with Gasteiger partial charge in [-0.2, -0.15) is 0 Å². The summed E-state index contributed by atoms with van der Waals surface area (Å²) in [7, 11) is 0. The summed E-state index contributed by atoms with van der Waals surface area (Å²) in [6.07, 6.45) is 2.04. The van der Waals surface area contributed by atoms with E-state index in [1.165, 1.54) is 6.07 Å². The van der Waals surface area contributed by atoms with Crippen LogP contribution >= 0.6 is 0 Å². The van der Waals surface area contributed by atoms with E-state index in [-0.39, 0.29) is 23.1 Å². The van der Waals surface area contributed by atoms with Gasteiger partial charge in [0.2, 0.25) is 0 Å². The lowest BCUT2D eigenvalue weighted by atomic mass is 9.98. The summed E-state index contributed by atoms with van der Waals surface area (Å²) in [5.41, 5.74) is 3.45. The zero-order chi connectivity index (χ0) is 18.8. The van der Waals surface area contributed by atoms with Crippen LogP contribution in [0.2, 0.25) is 0 Å². The number of nitrogens with one attached hydrogen (secondary N) is 2. The van der Waals surface area contributed by atoms with E-state index in [0.717, 1.165) is 29.7 Å². The summed E-state index contributed by atoms with van der Waals surface area (Å²) in [5.74, 6) is -0.0908. The Balaban J connectivity index is 1.89. The van der Waals surface area contributed by atoms with Gasteiger partial charge < -0.3 is 10.6 Å². The molecule has 6 nitrogen and oxygen atoms in total. The van der Waals surface area contributed by atoms with Crippen molar-refractivity contribution in [2.24, 2.45) is 0 Å². The van der Waals surface area contributed by atoms with E-state index in [0.29, 0.717) is 11.7 Å². The van der Waals surface area contributed by atoms with Crippen LogP contribution in [0.3, 0.4) is 0 Å². The van der Waals surface area contributed by atoms with Gasteiger partial charge >= 0.3 is 0 Å². The Morgan fingerprint density at radius 3 is 2.58 bits per heavy atom. The van der Waals surface area contributed by atoms with E-state index in [1.54, 1.807) is 12.1 Å². The third-order valence-corrected chi connectivity index (χ3v) is 4.56. The van der Waals surface area contributed by atoms with Gasteiger partial charge in [-0.15, -0.1) is 0 Å². The molecule has 1 aliphatic carbocycles. The third-order valence-electron chi connectivity index (χ3n) is 4.56. The molecule has 0 spiro atoms. The minimum absolute atomic E-state index is 0.0709. The summed E-state index contributed by atoms with van der Waals surface area (Å²) in [5, 5.41) is 17.5. The lowest BCUT2D eigenvalue weighted by Crippen LogP contribution is -2.15. The van der Waals surface area contributed by atoms with Gasteiger partial charge in [0.25, 0.3) is 11.6 Å². The topological polar surface area (TPSA) is 84.3 Å². The Labute approximate surface area is 152 Å². The van der Waals surface area contributed by atoms with Gasteiger partial charge in [-0.1, -0.05) is 32.0 Å². The number of nitro groups is 1. The molecule has 0 atom stereocenters. The molecule has 3 rings (SSSR count). The summed E-state index contributed by atoms with van der Waals surface area (Å²) in [4.78, 5) is 23.6. The summed E-state index contributed by atoms with van der Waals surface area (Å²) >= 11 is 0. The van der Waals surface area contributed by atoms with Crippen molar-refractivity contribution in [3.05, 3.63) is 63.2 Å². The fraction of sp³-hybridized carbons (Fsp3) is 0.350. The Morgan fingerprint density at radius 2 is 1.96 bits per heavy atom. The molecule has 26 heavy (non-hydrogen) atoms. The monoisotopic (exact) mass is 353 g/mol. The van der Waals surface area contributed by atoms with Gasteiger partial charge in [-0.3, -0.25) is 14.9 Å². The first kappa shape index (κ1) is 17.9. The molecule has 1 aliphatic rings. The van der Waals surface area contributed by atoms with Crippen molar-refractivity contribution >= 4 is 23.0 Å². The van der Waals surface area contributed by atoms with Crippen LogP contribution in [0.4, 0.5) is 17.1 Å². The largest absolute Gasteiger partial charge is 0.377 e. The molecule has 6 heteroatoms. The fourth-order valence-electron chi connectivity index (χ4n) is 2.92. The van der Waals surface area contributed by atoms with E-state index in [9.17, 15) is 14.9 Å². The van der Waals surface area contributed by atoms with Crippen LogP contribution < -0.4 is 10.6 Å². The zero-order valence-electron chi connectivity index (χ0n) is 15.2. The smallest absolute Gasteiger partial charge is 0.293 e. The molecule has 2 aromatic rings. The highest BCUT2D eigenvalue weighted by Gasteiger charge is 2.25. The normalized spacial score (nSPS) is 13.5. The van der Waals surface area contributed by atoms with E-state index >= 15 is 0 Å². The van der Waals surface area contributed by atoms with E-state index < -0.39 is 4.92 Å². The van der Waals surface area contributed by atoms with Gasteiger partial charge in [0.05, 0.1) is 4.92 Å². The standard InChI is InChI=1S/C20H23N3O3/c1-12(2)16-6-4-5-13(3)19(16)22-20(24)14-7-10-17(21-15-8-9-15)18(11-14)23(25)26/h4-7,10-12,15,21H,8-9H2,1-3H3,(H,22,24). The van der Waals surface area contributed by atoms with Crippen LogP contribution in [0.1, 0.15) is 54.1 Å². The Hall–Kier alpha value is -2.89. The van der Waals surface area contributed by atoms with E-state index in [2.05, 4.69) is 24.5 Å². The molecule has 1 saturated carbocycles. The second kappa shape index (κ2) is 7.15. The van der Waals surface area contributed by atoms with Crippen molar-refractivity contribution < 1.29 is 9.72 Å². The number of benzene rings is 2. The molecule has 0 aromatic heterocycles. The predicted molar refractivity (Wildman–Crippen MR) is 103 cm³/mol. The lowest BCUT2D eigenvalue weighted by Gasteiger charge is -2.16. The van der Waals surface area contributed by atoms with Crippen molar-refractivity contribution in [2.75, 3.05) is 10.6 Å². The van der Waals surface area contributed by atoms with Gasteiger partial charge in [0.15, 0.2) is 0 Å². The minimum Gasteiger partial charge on any atom is -0.377 e. The molecular formula is C20H23N3O3. The number of hydrogen-bond donors (Lipinski definition) is 2. The van der Waals surface area contributed by atoms with Crippen LogP contribution in [0.15, 0.2) is 36.4 Å². The van der Waals surface area contributed by atoms with Crippen molar-refractivity contribution in [1.29, 1.82) is 0 Å². The average molecular weight is 353 g/mol. The van der Waals surface area contributed by atoms with Crippen LogP contribution in [-0.4, -0.2) is 16.9 Å². The second-order valence-electron chi connectivity index (χ2n) is 7.06. The molecular weight excluding hydrogens is 330 g/mol. The Kier molecular flexibility index (Phi) is 4.93. The summed E-state index contributed by atoms with van der Waals surface area (Å²) in [6.45, 7) is 6.06. The number of hydrogen-bond acceptors (Lipinski definition) is 4. The predicted octanol–water partition coefficient (Wildman–Crippen LogP) is 4.85. The van der Waals surface area contributed by atoms with Gasteiger partial charge in [0.1, 0.15) is 5.69 Å². The lowest BCUT2D eigenvalue weighted by molar-refractivity contribution is -0.384. The Bertz CT molecular complexity index is 857. The van der Waals surface area contributed by atoms with Crippen LogP contribution in [0.5, 0.6) is 0 Å². The van der Waals surface area contributed by atoms with E-state index in [1.807, 2.05) is 25.1 Å². The van der Waals surface area contributed by atoms with Crippen LogP contribution in [-0.2, 0) is 0 Å². The molecule has 0 bridgehead atoms. The highest BCUT2D eigenvalue weighted by molar-refractivity contribution is 6.06. The number of nitrogens with zero attached hydrogens (tertiary/aromatic N) is 1. The number of carbonyl (C=O) groups is 1. The van der Waals surface area contributed by atoms with Crippen molar-refractivity contribution in [3.8, 4) is 0 Å². The molecule has 0 radical (unpaired) electrons. The number of carbonyl (C=O) groups excluding carboxylic acids is 1. The SMILES string of the molecule is Cc1cccc(C(C)C)c1NC(=O)c1ccc(NC2CC2)c([N+](=O)[O-])c1. The number of para-hydroxylation sites is 1. The first-order chi connectivity index (χ1) is 12.4. The first-order valence-electron chi connectivity index (χ1n) is 8.82. The quantitative estimate of drug-likeness (QED) is 0.574. The molecule has 0 unspecified atom stereocenters. The molecule has 1 fully saturated rings. The number of amides is 1. The second-order valence-corrected chi connectivity index (χ2v) is 7.06. The number of anilines is 2. The maximum atomic E-state index is 12.7. The van der Waals surface area contributed by atoms with Crippen molar-refractivity contribution in [2.45, 2.75) is 45.6 Å².